The number of primary sulfonamides is 1. The third kappa shape index (κ3) is 3.34. The molecule has 2 heterocycles. The van der Waals surface area contributed by atoms with E-state index in [2.05, 4.69) is 4.98 Å². The van der Waals surface area contributed by atoms with Crippen molar-refractivity contribution in [2.45, 2.75) is 24.4 Å². The van der Waals surface area contributed by atoms with Crippen molar-refractivity contribution in [3.8, 4) is 0 Å². The van der Waals surface area contributed by atoms with Gasteiger partial charge in [-0.05, 0) is 30.2 Å². The fourth-order valence-electron chi connectivity index (χ4n) is 2.75. The fraction of sp³-hybridized carbons (Fsp3) is 0.267. The van der Waals surface area contributed by atoms with Crippen LogP contribution < -0.4 is 10.7 Å². The normalized spacial score (nSPS) is 15.4. The van der Waals surface area contributed by atoms with Crippen LogP contribution in [0.2, 0.25) is 0 Å². The molecule has 0 radical (unpaired) electrons. The van der Waals surface area contributed by atoms with E-state index in [-0.39, 0.29) is 10.5 Å². The SMILES string of the molecule is NS(=O)(=O)c1ccc(CN2CCc3cc[nH]c(=O)c3C2)c(F)c1. The van der Waals surface area contributed by atoms with Gasteiger partial charge in [-0.15, -0.1) is 0 Å². The maximum absolute atomic E-state index is 14.1. The molecule has 0 bridgehead atoms. The van der Waals surface area contributed by atoms with Gasteiger partial charge in [0.2, 0.25) is 10.0 Å². The van der Waals surface area contributed by atoms with E-state index < -0.39 is 15.8 Å². The van der Waals surface area contributed by atoms with Crippen molar-refractivity contribution in [2.24, 2.45) is 5.14 Å². The Morgan fingerprint density at radius 3 is 2.78 bits per heavy atom. The number of fused-ring (bicyclic) bond motifs is 1. The highest BCUT2D eigenvalue weighted by Gasteiger charge is 2.20. The van der Waals surface area contributed by atoms with E-state index >= 15 is 0 Å². The lowest BCUT2D eigenvalue weighted by atomic mass is 10.0. The Morgan fingerprint density at radius 2 is 2.09 bits per heavy atom. The number of H-pyrrole nitrogens is 1. The molecule has 23 heavy (non-hydrogen) atoms. The molecule has 0 amide bonds. The number of nitrogens with zero attached hydrogens (tertiary/aromatic N) is 1. The largest absolute Gasteiger partial charge is 0.329 e. The van der Waals surface area contributed by atoms with Gasteiger partial charge >= 0.3 is 0 Å². The summed E-state index contributed by atoms with van der Waals surface area (Å²) >= 11 is 0. The first-order valence-corrected chi connectivity index (χ1v) is 8.62. The minimum Gasteiger partial charge on any atom is -0.329 e. The van der Waals surface area contributed by atoms with Gasteiger partial charge in [0.25, 0.3) is 5.56 Å². The molecule has 0 fully saturated rings. The van der Waals surface area contributed by atoms with Gasteiger partial charge in [0.05, 0.1) is 4.90 Å². The van der Waals surface area contributed by atoms with Gasteiger partial charge in [-0.1, -0.05) is 6.07 Å². The number of nitrogens with one attached hydrogen (secondary N) is 1. The van der Waals surface area contributed by atoms with Crippen LogP contribution in [0.1, 0.15) is 16.7 Å². The van der Waals surface area contributed by atoms with Crippen molar-refractivity contribution in [1.29, 1.82) is 0 Å². The zero-order valence-corrected chi connectivity index (χ0v) is 13.1. The molecule has 3 rings (SSSR count). The number of rotatable bonds is 3. The zero-order valence-electron chi connectivity index (χ0n) is 12.3. The number of halogens is 1. The molecule has 0 saturated carbocycles. The summed E-state index contributed by atoms with van der Waals surface area (Å²) in [7, 11) is -3.92. The highest BCUT2D eigenvalue weighted by molar-refractivity contribution is 7.89. The van der Waals surface area contributed by atoms with E-state index in [9.17, 15) is 17.6 Å². The maximum Gasteiger partial charge on any atom is 0.252 e. The number of sulfonamides is 1. The second-order valence-electron chi connectivity index (χ2n) is 5.57. The molecule has 0 atom stereocenters. The molecule has 3 N–H and O–H groups in total. The highest BCUT2D eigenvalue weighted by Crippen LogP contribution is 2.20. The number of benzene rings is 1. The van der Waals surface area contributed by atoms with Gasteiger partial charge < -0.3 is 4.98 Å². The lowest BCUT2D eigenvalue weighted by molar-refractivity contribution is 0.240. The van der Waals surface area contributed by atoms with Gasteiger partial charge in [-0.3, -0.25) is 9.69 Å². The summed E-state index contributed by atoms with van der Waals surface area (Å²) in [5.74, 6) is -0.621. The minimum absolute atomic E-state index is 0.128. The summed E-state index contributed by atoms with van der Waals surface area (Å²) in [6, 6.07) is 5.52. The van der Waals surface area contributed by atoms with Gasteiger partial charge in [0, 0.05) is 37.0 Å². The Hall–Kier alpha value is -2.03. The minimum atomic E-state index is -3.92. The van der Waals surface area contributed by atoms with Crippen LogP contribution in [-0.2, 0) is 29.5 Å². The summed E-state index contributed by atoms with van der Waals surface area (Å²) in [4.78, 5) is 16.2. The van der Waals surface area contributed by atoms with Crippen LogP contribution in [0.4, 0.5) is 4.39 Å². The average molecular weight is 337 g/mol. The van der Waals surface area contributed by atoms with Crippen LogP contribution in [0, 0.1) is 5.82 Å². The Balaban J connectivity index is 1.81. The second kappa shape index (κ2) is 5.88. The van der Waals surface area contributed by atoms with Crippen molar-refractivity contribution in [1.82, 2.24) is 9.88 Å². The van der Waals surface area contributed by atoms with Crippen LogP contribution >= 0.6 is 0 Å². The number of hydrogen-bond acceptors (Lipinski definition) is 4. The zero-order chi connectivity index (χ0) is 16.6. The van der Waals surface area contributed by atoms with Crippen molar-refractivity contribution < 1.29 is 12.8 Å². The summed E-state index contributed by atoms with van der Waals surface area (Å²) in [5, 5.41) is 4.99. The third-order valence-corrected chi connectivity index (χ3v) is 4.90. The van der Waals surface area contributed by atoms with E-state index in [0.29, 0.717) is 30.8 Å². The van der Waals surface area contributed by atoms with E-state index in [1.54, 1.807) is 6.20 Å². The summed E-state index contributed by atoms with van der Waals surface area (Å²) in [5.41, 5.74) is 1.95. The Bertz CT molecular complexity index is 908. The summed E-state index contributed by atoms with van der Waals surface area (Å²) < 4.78 is 36.5. The molecule has 1 aromatic carbocycles. The van der Waals surface area contributed by atoms with Crippen molar-refractivity contribution in [2.75, 3.05) is 6.54 Å². The topological polar surface area (TPSA) is 96.3 Å². The van der Waals surface area contributed by atoms with E-state index in [4.69, 9.17) is 5.14 Å². The molecule has 1 aromatic heterocycles. The van der Waals surface area contributed by atoms with Crippen LogP contribution in [0.5, 0.6) is 0 Å². The molecule has 0 spiro atoms. The first-order valence-electron chi connectivity index (χ1n) is 7.07. The maximum atomic E-state index is 14.1. The van der Waals surface area contributed by atoms with Crippen LogP contribution in [0.15, 0.2) is 40.2 Å². The summed E-state index contributed by atoms with van der Waals surface area (Å²) in [6.45, 7) is 1.43. The van der Waals surface area contributed by atoms with Crippen molar-refractivity contribution >= 4 is 10.0 Å². The van der Waals surface area contributed by atoms with Gasteiger partial charge in [0.1, 0.15) is 5.82 Å². The Kier molecular flexibility index (Phi) is 4.05. The average Bonchev–Trinajstić information content (AvgIpc) is 2.49. The number of aromatic nitrogens is 1. The quantitative estimate of drug-likeness (QED) is 0.862. The van der Waals surface area contributed by atoms with Gasteiger partial charge in [-0.25, -0.2) is 17.9 Å². The van der Waals surface area contributed by atoms with Gasteiger partial charge in [-0.2, -0.15) is 0 Å². The number of hydrogen-bond donors (Lipinski definition) is 2. The molecule has 1 aliphatic rings. The monoisotopic (exact) mass is 337 g/mol. The first-order chi connectivity index (χ1) is 10.8. The Morgan fingerprint density at radius 1 is 1.30 bits per heavy atom. The van der Waals surface area contributed by atoms with Crippen molar-refractivity contribution in [3.05, 3.63) is 63.3 Å². The van der Waals surface area contributed by atoms with E-state index in [1.165, 1.54) is 12.1 Å². The fourth-order valence-corrected chi connectivity index (χ4v) is 3.27. The van der Waals surface area contributed by atoms with Gasteiger partial charge in [0.15, 0.2) is 0 Å². The lowest BCUT2D eigenvalue weighted by Crippen LogP contribution is -2.34. The molecule has 2 aromatic rings. The van der Waals surface area contributed by atoms with Crippen molar-refractivity contribution in [3.63, 3.8) is 0 Å². The predicted octanol–water partition coefficient (Wildman–Crippen LogP) is 0.720. The van der Waals surface area contributed by atoms with E-state index in [1.807, 2.05) is 11.0 Å². The standard InChI is InChI=1S/C15H16FN3O3S/c16-14-7-12(23(17,21)22)2-1-11(14)8-19-6-4-10-3-5-18-15(20)13(10)9-19/h1-3,5,7H,4,6,8-9H2,(H,18,20)(H2,17,21,22). The summed E-state index contributed by atoms with van der Waals surface area (Å²) in [6.07, 6.45) is 2.35. The molecule has 0 unspecified atom stereocenters. The molecule has 122 valence electrons. The molecule has 8 heteroatoms. The highest BCUT2D eigenvalue weighted by atomic mass is 32.2. The number of aromatic amines is 1. The Labute approximate surface area is 132 Å². The van der Waals surface area contributed by atoms with E-state index in [0.717, 1.165) is 18.1 Å². The van der Waals surface area contributed by atoms with Crippen LogP contribution in [0.25, 0.3) is 0 Å². The molecule has 1 aliphatic heterocycles. The van der Waals surface area contributed by atoms with Crippen LogP contribution in [0.3, 0.4) is 0 Å². The molecular weight excluding hydrogens is 321 g/mol. The lowest BCUT2D eigenvalue weighted by Gasteiger charge is -2.28. The molecular formula is C15H16FN3O3S. The predicted molar refractivity (Wildman–Crippen MR) is 82.7 cm³/mol. The molecule has 0 saturated heterocycles. The first kappa shape index (κ1) is 15.9. The number of pyridine rings is 1. The smallest absolute Gasteiger partial charge is 0.252 e. The third-order valence-electron chi connectivity index (χ3n) is 3.99. The molecule has 0 aliphatic carbocycles. The molecule has 6 nitrogen and oxygen atoms in total. The second-order valence-corrected chi connectivity index (χ2v) is 7.13. The van der Waals surface area contributed by atoms with Crippen LogP contribution in [-0.4, -0.2) is 24.8 Å². The number of nitrogens with two attached hydrogens (primary N) is 1.